The Morgan fingerprint density at radius 1 is 1.25 bits per heavy atom. The SMILES string of the molecule is CCNc1cc2c(cn1)COc1cc(OCCCC(C)C)ccc1-2. The van der Waals surface area contributed by atoms with Crippen molar-refractivity contribution in [1.82, 2.24) is 4.98 Å². The van der Waals surface area contributed by atoms with E-state index in [2.05, 4.69) is 43.2 Å². The summed E-state index contributed by atoms with van der Waals surface area (Å²) in [5.41, 5.74) is 3.41. The van der Waals surface area contributed by atoms with Gasteiger partial charge in [-0.15, -0.1) is 0 Å². The molecule has 2 heterocycles. The number of fused-ring (bicyclic) bond motifs is 3. The van der Waals surface area contributed by atoms with Crippen molar-refractivity contribution in [2.24, 2.45) is 5.92 Å². The van der Waals surface area contributed by atoms with Crippen LogP contribution in [0.2, 0.25) is 0 Å². The number of hydrogen-bond acceptors (Lipinski definition) is 4. The number of ether oxygens (including phenoxy) is 2. The minimum Gasteiger partial charge on any atom is -0.493 e. The maximum Gasteiger partial charge on any atom is 0.131 e. The van der Waals surface area contributed by atoms with Crippen molar-refractivity contribution in [3.05, 3.63) is 36.0 Å². The first-order chi connectivity index (χ1) is 11.7. The van der Waals surface area contributed by atoms with Gasteiger partial charge in [0.2, 0.25) is 0 Å². The molecule has 0 spiro atoms. The molecule has 3 rings (SSSR count). The molecule has 128 valence electrons. The largest absolute Gasteiger partial charge is 0.493 e. The summed E-state index contributed by atoms with van der Waals surface area (Å²) < 4.78 is 11.8. The molecule has 0 amide bonds. The van der Waals surface area contributed by atoms with Crippen molar-refractivity contribution in [1.29, 1.82) is 0 Å². The third-order valence-corrected chi connectivity index (χ3v) is 4.17. The van der Waals surface area contributed by atoms with Crippen LogP contribution in [0, 0.1) is 5.92 Å². The molecule has 0 aliphatic carbocycles. The lowest BCUT2D eigenvalue weighted by Crippen LogP contribution is -2.08. The summed E-state index contributed by atoms with van der Waals surface area (Å²) in [4.78, 5) is 4.42. The van der Waals surface area contributed by atoms with Crippen LogP contribution in [0.5, 0.6) is 11.5 Å². The molecule has 24 heavy (non-hydrogen) atoms. The van der Waals surface area contributed by atoms with Gasteiger partial charge in [-0.25, -0.2) is 4.98 Å². The van der Waals surface area contributed by atoms with Gasteiger partial charge in [-0.05, 0) is 49.4 Å². The number of pyridine rings is 1. The van der Waals surface area contributed by atoms with Gasteiger partial charge in [0.15, 0.2) is 0 Å². The average molecular weight is 326 g/mol. The van der Waals surface area contributed by atoms with Crippen LogP contribution in [0.15, 0.2) is 30.5 Å². The smallest absolute Gasteiger partial charge is 0.131 e. The number of anilines is 1. The molecule has 0 atom stereocenters. The second-order valence-corrected chi connectivity index (χ2v) is 6.59. The van der Waals surface area contributed by atoms with Gasteiger partial charge in [0.1, 0.15) is 23.9 Å². The van der Waals surface area contributed by atoms with Crippen molar-refractivity contribution in [2.45, 2.75) is 40.2 Å². The van der Waals surface area contributed by atoms with Crippen LogP contribution >= 0.6 is 0 Å². The van der Waals surface area contributed by atoms with Crippen LogP contribution in [0.25, 0.3) is 11.1 Å². The lowest BCUT2D eigenvalue weighted by molar-refractivity contribution is 0.284. The van der Waals surface area contributed by atoms with E-state index in [-0.39, 0.29) is 0 Å². The van der Waals surface area contributed by atoms with Gasteiger partial charge >= 0.3 is 0 Å². The molecule has 0 unspecified atom stereocenters. The van der Waals surface area contributed by atoms with E-state index in [4.69, 9.17) is 9.47 Å². The lowest BCUT2D eigenvalue weighted by Gasteiger charge is -2.22. The molecule has 0 saturated heterocycles. The van der Waals surface area contributed by atoms with E-state index in [0.29, 0.717) is 6.61 Å². The molecule has 1 N–H and O–H groups in total. The molecule has 4 nitrogen and oxygen atoms in total. The second-order valence-electron chi connectivity index (χ2n) is 6.59. The molecule has 1 aromatic carbocycles. The van der Waals surface area contributed by atoms with Gasteiger partial charge in [-0.2, -0.15) is 0 Å². The van der Waals surface area contributed by atoms with E-state index in [0.717, 1.165) is 53.9 Å². The zero-order valence-electron chi connectivity index (χ0n) is 14.8. The first kappa shape index (κ1) is 16.6. The molecule has 0 saturated carbocycles. The highest BCUT2D eigenvalue weighted by Gasteiger charge is 2.19. The molecular weight excluding hydrogens is 300 g/mol. The van der Waals surface area contributed by atoms with Gasteiger partial charge in [0, 0.05) is 29.9 Å². The van der Waals surface area contributed by atoms with E-state index in [1.165, 1.54) is 12.0 Å². The van der Waals surface area contributed by atoms with Crippen LogP contribution < -0.4 is 14.8 Å². The average Bonchev–Trinajstić information content (AvgIpc) is 2.58. The van der Waals surface area contributed by atoms with Gasteiger partial charge in [-0.3, -0.25) is 0 Å². The Bertz CT molecular complexity index is 698. The van der Waals surface area contributed by atoms with Crippen LogP contribution in [0.1, 0.15) is 39.2 Å². The van der Waals surface area contributed by atoms with E-state index in [1.54, 1.807) is 0 Å². The number of rotatable bonds is 7. The third-order valence-electron chi connectivity index (χ3n) is 4.17. The maximum absolute atomic E-state index is 5.89. The third kappa shape index (κ3) is 3.81. The maximum atomic E-state index is 5.89. The Balaban J connectivity index is 1.75. The number of nitrogens with zero attached hydrogens (tertiary/aromatic N) is 1. The first-order valence-electron chi connectivity index (χ1n) is 8.80. The van der Waals surface area contributed by atoms with E-state index in [1.807, 2.05) is 18.3 Å². The molecule has 1 aromatic heterocycles. The zero-order valence-corrected chi connectivity index (χ0v) is 14.8. The number of aromatic nitrogens is 1. The number of nitrogens with one attached hydrogen (secondary N) is 1. The van der Waals surface area contributed by atoms with Crippen molar-refractivity contribution in [3.63, 3.8) is 0 Å². The van der Waals surface area contributed by atoms with Crippen LogP contribution in [0.4, 0.5) is 5.82 Å². The van der Waals surface area contributed by atoms with E-state index in [9.17, 15) is 0 Å². The quantitative estimate of drug-likeness (QED) is 0.736. The summed E-state index contributed by atoms with van der Waals surface area (Å²) >= 11 is 0. The van der Waals surface area contributed by atoms with Crippen LogP contribution in [-0.2, 0) is 6.61 Å². The minimum atomic E-state index is 0.554. The lowest BCUT2D eigenvalue weighted by atomic mass is 9.98. The van der Waals surface area contributed by atoms with Crippen molar-refractivity contribution < 1.29 is 9.47 Å². The molecule has 0 fully saturated rings. The predicted octanol–water partition coefficient (Wildman–Crippen LogP) is 4.89. The molecular formula is C20H26N2O2. The number of hydrogen-bond donors (Lipinski definition) is 1. The summed E-state index contributed by atoms with van der Waals surface area (Å²) in [6.07, 6.45) is 4.16. The highest BCUT2D eigenvalue weighted by molar-refractivity contribution is 5.77. The fourth-order valence-corrected chi connectivity index (χ4v) is 2.90. The molecule has 1 aliphatic rings. The number of benzene rings is 1. The predicted molar refractivity (Wildman–Crippen MR) is 97.7 cm³/mol. The molecule has 1 aliphatic heterocycles. The molecule has 0 radical (unpaired) electrons. The zero-order chi connectivity index (χ0) is 16.9. The van der Waals surface area contributed by atoms with Crippen LogP contribution in [0.3, 0.4) is 0 Å². The minimum absolute atomic E-state index is 0.554. The van der Waals surface area contributed by atoms with E-state index < -0.39 is 0 Å². The highest BCUT2D eigenvalue weighted by Crippen LogP contribution is 2.40. The molecule has 2 aromatic rings. The Hall–Kier alpha value is -2.23. The van der Waals surface area contributed by atoms with Crippen molar-refractivity contribution >= 4 is 5.82 Å². The standard InChI is InChI=1S/C20H26N2O2/c1-4-21-20-11-18-15(12-22-20)13-24-19-10-16(7-8-17(18)19)23-9-5-6-14(2)3/h7-8,10-12,14H,4-6,9,13H2,1-3H3,(H,21,22). The van der Waals surface area contributed by atoms with Gasteiger partial charge in [0.25, 0.3) is 0 Å². The normalized spacial score (nSPS) is 12.3. The Morgan fingerprint density at radius 3 is 2.92 bits per heavy atom. The Kier molecular flexibility index (Phi) is 5.24. The summed E-state index contributed by atoms with van der Waals surface area (Å²) in [6.45, 7) is 8.71. The fourth-order valence-electron chi connectivity index (χ4n) is 2.90. The summed E-state index contributed by atoms with van der Waals surface area (Å²) in [5, 5.41) is 3.27. The topological polar surface area (TPSA) is 43.4 Å². The van der Waals surface area contributed by atoms with Gasteiger partial charge < -0.3 is 14.8 Å². The van der Waals surface area contributed by atoms with Gasteiger partial charge in [-0.1, -0.05) is 13.8 Å². The Morgan fingerprint density at radius 2 is 2.12 bits per heavy atom. The monoisotopic (exact) mass is 326 g/mol. The second kappa shape index (κ2) is 7.56. The van der Waals surface area contributed by atoms with Crippen LogP contribution in [-0.4, -0.2) is 18.1 Å². The van der Waals surface area contributed by atoms with E-state index >= 15 is 0 Å². The summed E-state index contributed by atoms with van der Waals surface area (Å²) in [7, 11) is 0. The summed E-state index contributed by atoms with van der Waals surface area (Å²) in [5.74, 6) is 3.38. The molecule has 4 heteroatoms. The molecule has 0 bridgehead atoms. The Labute approximate surface area is 144 Å². The summed E-state index contributed by atoms with van der Waals surface area (Å²) in [6, 6.07) is 8.21. The first-order valence-corrected chi connectivity index (χ1v) is 8.80. The van der Waals surface area contributed by atoms with Crippen molar-refractivity contribution in [2.75, 3.05) is 18.5 Å². The highest BCUT2D eigenvalue weighted by atomic mass is 16.5. The fraction of sp³-hybridized carbons (Fsp3) is 0.450. The van der Waals surface area contributed by atoms with Gasteiger partial charge in [0.05, 0.1) is 6.61 Å². The van der Waals surface area contributed by atoms with Crippen molar-refractivity contribution in [3.8, 4) is 22.6 Å².